The molecule has 0 bridgehead atoms. The van der Waals surface area contributed by atoms with Crippen molar-refractivity contribution in [2.75, 3.05) is 7.05 Å². The average molecular weight is 353 g/mol. The van der Waals surface area contributed by atoms with Gasteiger partial charge in [-0.25, -0.2) is 0 Å². The second-order valence-corrected chi connectivity index (χ2v) is 6.29. The highest BCUT2D eigenvalue weighted by molar-refractivity contribution is 5.88. The number of amides is 2. The van der Waals surface area contributed by atoms with Crippen molar-refractivity contribution in [3.8, 4) is 0 Å². The van der Waals surface area contributed by atoms with Gasteiger partial charge in [-0.2, -0.15) is 5.10 Å². The standard InChI is InChI=1S/C17H19N7O2/c1-11-20-21-15-9-23(14(8-22(11)15)17(26)18-2)16(25)10-24-13-6-4-3-5-12(13)7-19-24/h3-7,14H,8-10H2,1-2H3,(H,18,26). The molecule has 1 atom stereocenters. The molecule has 9 heteroatoms. The van der Waals surface area contributed by atoms with Crippen LogP contribution in [0.25, 0.3) is 10.9 Å². The van der Waals surface area contributed by atoms with Crippen LogP contribution in [0.2, 0.25) is 0 Å². The molecule has 4 rings (SSSR count). The summed E-state index contributed by atoms with van der Waals surface area (Å²) in [5.41, 5.74) is 0.883. The molecule has 3 heterocycles. The van der Waals surface area contributed by atoms with Gasteiger partial charge in [0, 0.05) is 12.4 Å². The largest absolute Gasteiger partial charge is 0.357 e. The molecule has 2 aromatic heterocycles. The molecule has 1 aliphatic heterocycles. The summed E-state index contributed by atoms with van der Waals surface area (Å²) in [7, 11) is 1.57. The molecule has 1 aromatic carbocycles. The van der Waals surface area contributed by atoms with Crippen LogP contribution < -0.4 is 5.32 Å². The topological polar surface area (TPSA) is 97.9 Å². The highest BCUT2D eigenvalue weighted by atomic mass is 16.2. The first-order valence-corrected chi connectivity index (χ1v) is 8.39. The number of hydrogen-bond acceptors (Lipinski definition) is 5. The Bertz CT molecular complexity index is 990. The number of rotatable bonds is 3. The number of benzene rings is 1. The molecule has 1 N–H and O–H groups in total. The summed E-state index contributed by atoms with van der Waals surface area (Å²) in [6.07, 6.45) is 1.73. The third-order valence-corrected chi connectivity index (χ3v) is 4.76. The van der Waals surface area contributed by atoms with Gasteiger partial charge in [0.15, 0.2) is 5.82 Å². The maximum Gasteiger partial charge on any atom is 0.245 e. The number of hydrogen-bond donors (Lipinski definition) is 1. The minimum Gasteiger partial charge on any atom is -0.357 e. The maximum atomic E-state index is 13.0. The number of likely N-dealkylation sites (N-methyl/N-ethyl adjacent to an activating group) is 1. The van der Waals surface area contributed by atoms with Gasteiger partial charge in [0.2, 0.25) is 11.8 Å². The number of carbonyl (C=O) groups excluding carboxylic acids is 2. The first-order chi connectivity index (χ1) is 12.6. The summed E-state index contributed by atoms with van der Waals surface area (Å²) in [6, 6.07) is 7.10. The molecule has 0 aliphatic carbocycles. The van der Waals surface area contributed by atoms with Gasteiger partial charge in [-0.3, -0.25) is 14.3 Å². The summed E-state index contributed by atoms with van der Waals surface area (Å²) in [4.78, 5) is 26.9. The van der Waals surface area contributed by atoms with Gasteiger partial charge in [-0.1, -0.05) is 18.2 Å². The van der Waals surface area contributed by atoms with E-state index in [0.29, 0.717) is 12.4 Å². The summed E-state index contributed by atoms with van der Waals surface area (Å²) in [5.74, 6) is 1.03. The molecule has 9 nitrogen and oxygen atoms in total. The van der Waals surface area contributed by atoms with Gasteiger partial charge in [0.25, 0.3) is 0 Å². The van der Waals surface area contributed by atoms with Crippen LogP contribution in [0.15, 0.2) is 30.5 Å². The molecular weight excluding hydrogens is 334 g/mol. The molecule has 134 valence electrons. The monoisotopic (exact) mass is 353 g/mol. The van der Waals surface area contributed by atoms with Crippen molar-refractivity contribution < 1.29 is 9.59 Å². The van der Waals surface area contributed by atoms with Crippen molar-refractivity contribution >= 4 is 22.7 Å². The Hall–Kier alpha value is -3.23. The lowest BCUT2D eigenvalue weighted by Gasteiger charge is -2.34. The fourth-order valence-corrected chi connectivity index (χ4v) is 3.34. The Morgan fingerprint density at radius 3 is 2.88 bits per heavy atom. The third-order valence-electron chi connectivity index (χ3n) is 4.76. The third kappa shape index (κ3) is 2.61. The number of nitrogens with one attached hydrogen (secondary N) is 1. The van der Waals surface area contributed by atoms with Gasteiger partial charge in [-0.05, 0) is 13.0 Å². The van der Waals surface area contributed by atoms with Crippen molar-refractivity contribution in [3.63, 3.8) is 0 Å². The number of aryl methyl sites for hydroxylation is 1. The van der Waals surface area contributed by atoms with E-state index in [1.54, 1.807) is 22.8 Å². The van der Waals surface area contributed by atoms with Gasteiger partial charge >= 0.3 is 0 Å². The Kier molecular flexibility index (Phi) is 3.90. The number of carbonyl (C=O) groups is 2. The maximum absolute atomic E-state index is 13.0. The van der Waals surface area contributed by atoms with Crippen molar-refractivity contribution in [1.29, 1.82) is 0 Å². The fraction of sp³-hybridized carbons (Fsp3) is 0.353. The first kappa shape index (κ1) is 16.2. The van der Waals surface area contributed by atoms with Crippen LogP contribution in [0, 0.1) is 6.92 Å². The summed E-state index contributed by atoms with van der Waals surface area (Å²) < 4.78 is 3.54. The minimum absolute atomic E-state index is 0.0636. The second kappa shape index (κ2) is 6.25. The van der Waals surface area contributed by atoms with E-state index in [0.717, 1.165) is 16.7 Å². The Morgan fingerprint density at radius 1 is 1.27 bits per heavy atom. The molecule has 1 unspecified atom stereocenters. The van der Waals surface area contributed by atoms with Crippen LogP contribution in [0.1, 0.15) is 11.6 Å². The van der Waals surface area contributed by atoms with E-state index in [9.17, 15) is 9.59 Å². The lowest BCUT2D eigenvalue weighted by molar-refractivity contribution is -0.143. The van der Waals surface area contributed by atoms with Crippen LogP contribution in [0.4, 0.5) is 0 Å². The molecule has 2 amide bonds. The summed E-state index contributed by atoms with van der Waals surface area (Å²) in [6.45, 7) is 2.50. The lowest BCUT2D eigenvalue weighted by atomic mass is 10.1. The highest BCUT2D eigenvalue weighted by Gasteiger charge is 2.36. The van der Waals surface area contributed by atoms with E-state index in [1.807, 2.05) is 35.8 Å². The average Bonchev–Trinajstić information content (AvgIpc) is 3.24. The normalized spacial score (nSPS) is 16.5. The summed E-state index contributed by atoms with van der Waals surface area (Å²) in [5, 5.41) is 16.1. The zero-order valence-electron chi connectivity index (χ0n) is 14.6. The van der Waals surface area contributed by atoms with Crippen molar-refractivity contribution in [2.45, 2.75) is 32.6 Å². The first-order valence-electron chi connectivity index (χ1n) is 8.39. The van der Waals surface area contributed by atoms with E-state index >= 15 is 0 Å². The highest BCUT2D eigenvalue weighted by Crippen LogP contribution is 2.19. The molecule has 0 radical (unpaired) electrons. The van der Waals surface area contributed by atoms with Crippen LogP contribution in [-0.4, -0.2) is 54.3 Å². The van der Waals surface area contributed by atoms with E-state index in [-0.39, 0.29) is 24.9 Å². The molecule has 3 aromatic rings. The Labute approximate surface area is 149 Å². The molecule has 0 saturated carbocycles. The van der Waals surface area contributed by atoms with E-state index in [1.165, 1.54) is 0 Å². The smallest absolute Gasteiger partial charge is 0.245 e. The molecule has 0 saturated heterocycles. The summed E-state index contributed by atoms with van der Waals surface area (Å²) >= 11 is 0. The van der Waals surface area contributed by atoms with Crippen LogP contribution in [0.5, 0.6) is 0 Å². The molecule has 26 heavy (non-hydrogen) atoms. The number of fused-ring (bicyclic) bond motifs is 2. The van der Waals surface area contributed by atoms with Crippen LogP contribution in [0.3, 0.4) is 0 Å². The van der Waals surface area contributed by atoms with Crippen LogP contribution in [-0.2, 0) is 29.2 Å². The number of nitrogens with zero attached hydrogens (tertiary/aromatic N) is 6. The number of para-hydroxylation sites is 1. The van der Waals surface area contributed by atoms with Gasteiger partial charge < -0.3 is 14.8 Å². The van der Waals surface area contributed by atoms with Gasteiger partial charge in [0.1, 0.15) is 18.4 Å². The number of aromatic nitrogens is 5. The predicted octanol–water partition coefficient (Wildman–Crippen LogP) is 0.0932. The van der Waals surface area contributed by atoms with E-state index < -0.39 is 6.04 Å². The van der Waals surface area contributed by atoms with Crippen LogP contribution >= 0.6 is 0 Å². The zero-order valence-corrected chi connectivity index (χ0v) is 14.6. The zero-order chi connectivity index (χ0) is 18.3. The van der Waals surface area contributed by atoms with E-state index in [2.05, 4.69) is 20.6 Å². The van der Waals surface area contributed by atoms with Crippen molar-refractivity contribution in [1.82, 2.24) is 34.8 Å². The lowest BCUT2D eigenvalue weighted by Crippen LogP contribution is -2.54. The van der Waals surface area contributed by atoms with Crippen molar-refractivity contribution in [3.05, 3.63) is 42.1 Å². The minimum atomic E-state index is -0.600. The Morgan fingerprint density at radius 2 is 2.08 bits per heavy atom. The molecule has 0 fully saturated rings. The SMILES string of the molecule is CNC(=O)C1Cn2c(C)nnc2CN1C(=O)Cn1ncc2ccccc21. The van der Waals surface area contributed by atoms with Gasteiger partial charge in [0.05, 0.1) is 24.8 Å². The fourth-order valence-electron chi connectivity index (χ4n) is 3.34. The van der Waals surface area contributed by atoms with E-state index in [4.69, 9.17) is 0 Å². The predicted molar refractivity (Wildman–Crippen MR) is 92.9 cm³/mol. The second-order valence-electron chi connectivity index (χ2n) is 6.29. The quantitative estimate of drug-likeness (QED) is 0.720. The van der Waals surface area contributed by atoms with Gasteiger partial charge in [-0.15, -0.1) is 10.2 Å². The molecular formula is C17H19N7O2. The molecule has 0 spiro atoms. The Balaban J connectivity index is 1.63. The van der Waals surface area contributed by atoms with Crippen molar-refractivity contribution in [2.24, 2.45) is 0 Å². The molecule has 1 aliphatic rings.